The summed E-state index contributed by atoms with van der Waals surface area (Å²) in [6.45, 7) is 14.6. The number of hydrogen-bond acceptors (Lipinski definition) is 3. The second-order valence-corrected chi connectivity index (χ2v) is 8.54. The zero-order valence-corrected chi connectivity index (χ0v) is 16.0. The van der Waals surface area contributed by atoms with Gasteiger partial charge in [-0.3, -0.25) is 0 Å². The molecule has 0 aliphatic carbocycles. The highest BCUT2D eigenvalue weighted by atomic mass is 16.6. The summed E-state index contributed by atoms with van der Waals surface area (Å²) >= 11 is 0. The Morgan fingerprint density at radius 2 is 2.00 bits per heavy atom. The van der Waals surface area contributed by atoms with Crippen LogP contribution < -0.4 is 5.32 Å². The summed E-state index contributed by atoms with van der Waals surface area (Å²) in [7, 11) is 0. The van der Waals surface area contributed by atoms with E-state index in [2.05, 4.69) is 50.4 Å². The highest BCUT2D eigenvalue weighted by Crippen LogP contribution is 2.30. The molecule has 1 aliphatic rings. The molecule has 134 valence electrons. The molecule has 1 atom stereocenters. The average molecular weight is 332 g/mol. The van der Waals surface area contributed by atoms with Crippen molar-refractivity contribution in [2.75, 3.05) is 13.1 Å². The first kappa shape index (κ1) is 18.8. The van der Waals surface area contributed by atoms with Crippen molar-refractivity contribution in [2.24, 2.45) is 5.41 Å². The molecule has 24 heavy (non-hydrogen) atoms. The minimum absolute atomic E-state index is 0.0117. The van der Waals surface area contributed by atoms with Gasteiger partial charge in [-0.05, 0) is 50.7 Å². The van der Waals surface area contributed by atoms with Gasteiger partial charge in [-0.1, -0.05) is 38.1 Å². The Labute approximate surface area is 146 Å². The van der Waals surface area contributed by atoms with Crippen molar-refractivity contribution in [2.45, 2.75) is 66.2 Å². The maximum absolute atomic E-state index is 12.3. The van der Waals surface area contributed by atoms with Gasteiger partial charge in [-0.2, -0.15) is 0 Å². The van der Waals surface area contributed by atoms with Gasteiger partial charge < -0.3 is 15.0 Å². The molecular weight excluding hydrogens is 300 g/mol. The predicted octanol–water partition coefficient (Wildman–Crippen LogP) is 4.12. The summed E-state index contributed by atoms with van der Waals surface area (Å²) < 4.78 is 5.52. The first-order valence-corrected chi connectivity index (χ1v) is 8.84. The van der Waals surface area contributed by atoms with Crippen LogP contribution in [0.25, 0.3) is 0 Å². The van der Waals surface area contributed by atoms with E-state index in [0.717, 1.165) is 19.5 Å². The molecule has 0 spiro atoms. The van der Waals surface area contributed by atoms with Crippen LogP contribution in [0.1, 0.15) is 52.2 Å². The van der Waals surface area contributed by atoms with E-state index in [0.29, 0.717) is 12.6 Å². The Bertz CT molecular complexity index is 575. The molecule has 0 bridgehead atoms. The standard InChI is InChI=1S/C20H32N2O2/c1-15-9-7-8-10-16(15)13-21-17-11-12-22(14-20(17,5)6)18(23)24-19(2,3)4/h7-10,17,21H,11-14H2,1-6H3. The number of hydrogen-bond donors (Lipinski definition) is 1. The molecule has 1 aromatic carbocycles. The van der Waals surface area contributed by atoms with Gasteiger partial charge >= 0.3 is 6.09 Å². The molecule has 1 unspecified atom stereocenters. The van der Waals surface area contributed by atoms with E-state index < -0.39 is 5.60 Å². The van der Waals surface area contributed by atoms with Crippen molar-refractivity contribution in [3.63, 3.8) is 0 Å². The third kappa shape index (κ3) is 4.97. The van der Waals surface area contributed by atoms with E-state index >= 15 is 0 Å². The number of piperidine rings is 1. The third-order valence-corrected chi connectivity index (χ3v) is 4.68. The number of aryl methyl sites for hydroxylation is 1. The number of likely N-dealkylation sites (tertiary alicyclic amines) is 1. The van der Waals surface area contributed by atoms with Gasteiger partial charge in [0.1, 0.15) is 5.60 Å². The van der Waals surface area contributed by atoms with E-state index in [9.17, 15) is 4.79 Å². The highest BCUT2D eigenvalue weighted by molar-refractivity contribution is 5.68. The number of nitrogens with zero attached hydrogens (tertiary/aromatic N) is 1. The molecule has 1 saturated heterocycles. The molecule has 0 aromatic heterocycles. The normalized spacial score (nSPS) is 20.8. The fraction of sp³-hybridized carbons (Fsp3) is 0.650. The number of benzene rings is 1. The lowest BCUT2D eigenvalue weighted by Gasteiger charge is -2.44. The Morgan fingerprint density at radius 1 is 1.33 bits per heavy atom. The Morgan fingerprint density at radius 3 is 2.58 bits per heavy atom. The van der Waals surface area contributed by atoms with Crippen molar-refractivity contribution < 1.29 is 9.53 Å². The van der Waals surface area contributed by atoms with Crippen LogP contribution in [0.4, 0.5) is 4.79 Å². The summed E-state index contributed by atoms with van der Waals surface area (Å²) in [4.78, 5) is 14.2. The topological polar surface area (TPSA) is 41.6 Å². The van der Waals surface area contributed by atoms with Gasteiger partial charge in [0.2, 0.25) is 0 Å². The van der Waals surface area contributed by atoms with Crippen LogP contribution in [0.2, 0.25) is 0 Å². The van der Waals surface area contributed by atoms with Gasteiger partial charge in [-0.25, -0.2) is 4.79 Å². The maximum atomic E-state index is 12.3. The van der Waals surface area contributed by atoms with Crippen molar-refractivity contribution >= 4 is 6.09 Å². The molecule has 1 aliphatic heterocycles. The summed E-state index contributed by atoms with van der Waals surface area (Å²) in [6.07, 6.45) is 0.742. The summed E-state index contributed by atoms with van der Waals surface area (Å²) in [5.41, 5.74) is 2.22. The second-order valence-electron chi connectivity index (χ2n) is 8.54. The lowest BCUT2D eigenvalue weighted by atomic mass is 9.79. The average Bonchev–Trinajstić information content (AvgIpc) is 2.45. The van der Waals surface area contributed by atoms with Crippen LogP contribution in [0, 0.1) is 12.3 Å². The van der Waals surface area contributed by atoms with Crippen molar-refractivity contribution in [1.82, 2.24) is 10.2 Å². The van der Waals surface area contributed by atoms with E-state index in [1.807, 2.05) is 25.7 Å². The summed E-state index contributed by atoms with van der Waals surface area (Å²) in [5.74, 6) is 0. The Kier molecular flexibility index (Phi) is 5.59. The summed E-state index contributed by atoms with van der Waals surface area (Å²) in [6, 6.07) is 8.86. The quantitative estimate of drug-likeness (QED) is 0.905. The molecule has 1 heterocycles. The van der Waals surface area contributed by atoms with Crippen LogP contribution in [0.3, 0.4) is 0 Å². The van der Waals surface area contributed by atoms with Crippen LogP contribution in [-0.4, -0.2) is 35.7 Å². The molecule has 0 saturated carbocycles. The minimum atomic E-state index is -0.443. The number of ether oxygens (including phenoxy) is 1. The predicted molar refractivity (Wildman–Crippen MR) is 98.0 cm³/mol. The molecule has 0 radical (unpaired) electrons. The van der Waals surface area contributed by atoms with Gasteiger partial charge in [0.05, 0.1) is 0 Å². The van der Waals surface area contributed by atoms with E-state index in [1.165, 1.54) is 11.1 Å². The Balaban J connectivity index is 1.94. The zero-order valence-electron chi connectivity index (χ0n) is 16.0. The van der Waals surface area contributed by atoms with Crippen molar-refractivity contribution in [3.8, 4) is 0 Å². The SMILES string of the molecule is Cc1ccccc1CNC1CCN(C(=O)OC(C)(C)C)CC1(C)C. The van der Waals surface area contributed by atoms with Gasteiger partial charge in [0.15, 0.2) is 0 Å². The number of carbonyl (C=O) groups is 1. The number of carbonyl (C=O) groups excluding carboxylic acids is 1. The van der Waals surface area contributed by atoms with E-state index in [1.54, 1.807) is 0 Å². The smallest absolute Gasteiger partial charge is 0.410 e. The second kappa shape index (κ2) is 7.14. The van der Waals surface area contributed by atoms with Crippen LogP contribution in [-0.2, 0) is 11.3 Å². The number of rotatable bonds is 3. The fourth-order valence-corrected chi connectivity index (χ4v) is 3.26. The fourth-order valence-electron chi connectivity index (χ4n) is 3.26. The number of nitrogens with one attached hydrogen (secondary N) is 1. The molecule has 2 rings (SSSR count). The molecular formula is C20H32N2O2. The van der Waals surface area contributed by atoms with Crippen LogP contribution >= 0.6 is 0 Å². The molecule has 1 N–H and O–H groups in total. The zero-order chi connectivity index (χ0) is 18.0. The molecule has 4 heteroatoms. The first-order valence-electron chi connectivity index (χ1n) is 8.84. The minimum Gasteiger partial charge on any atom is -0.444 e. The lowest BCUT2D eigenvalue weighted by molar-refractivity contribution is 0.00207. The monoisotopic (exact) mass is 332 g/mol. The molecule has 1 amide bonds. The maximum Gasteiger partial charge on any atom is 0.410 e. The van der Waals surface area contributed by atoms with E-state index in [-0.39, 0.29) is 11.5 Å². The van der Waals surface area contributed by atoms with Crippen molar-refractivity contribution in [3.05, 3.63) is 35.4 Å². The van der Waals surface area contributed by atoms with Gasteiger partial charge in [-0.15, -0.1) is 0 Å². The lowest BCUT2D eigenvalue weighted by Crippen LogP contribution is -2.56. The highest BCUT2D eigenvalue weighted by Gasteiger charge is 2.38. The van der Waals surface area contributed by atoms with Gasteiger partial charge in [0.25, 0.3) is 0 Å². The largest absolute Gasteiger partial charge is 0.444 e. The first-order chi connectivity index (χ1) is 11.1. The molecule has 1 aromatic rings. The molecule has 4 nitrogen and oxygen atoms in total. The Hall–Kier alpha value is -1.55. The van der Waals surface area contributed by atoms with Crippen LogP contribution in [0.5, 0.6) is 0 Å². The third-order valence-electron chi connectivity index (χ3n) is 4.68. The van der Waals surface area contributed by atoms with E-state index in [4.69, 9.17) is 4.74 Å². The number of amides is 1. The molecule has 1 fully saturated rings. The van der Waals surface area contributed by atoms with Gasteiger partial charge in [0, 0.05) is 25.7 Å². The van der Waals surface area contributed by atoms with Crippen molar-refractivity contribution in [1.29, 1.82) is 0 Å². The summed E-state index contributed by atoms with van der Waals surface area (Å²) in [5, 5.41) is 3.70. The van der Waals surface area contributed by atoms with Crippen LogP contribution in [0.15, 0.2) is 24.3 Å².